The van der Waals surface area contributed by atoms with E-state index in [0.717, 1.165) is 16.0 Å². The molecule has 1 heterocycles. The third-order valence-electron chi connectivity index (χ3n) is 4.26. The molecule has 144 valence electrons. The van der Waals surface area contributed by atoms with Crippen molar-refractivity contribution in [2.75, 3.05) is 6.54 Å². The maximum Gasteiger partial charge on any atom is 0.321 e. The number of urea groups is 1. The lowest BCUT2D eigenvalue weighted by molar-refractivity contribution is -0.122. The number of benzene rings is 2. The van der Waals surface area contributed by atoms with Crippen molar-refractivity contribution < 1.29 is 9.59 Å². The fraction of sp³-hybridized carbons (Fsp3) is 0.182. The van der Waals surface area contributed by atoms with Crippen LogP contribution in [0.4, 0.5) is 4.79 Å². The van der Waals surface area contributed by atoms with E-state index in [1.165, 1.54) is 0 Å². The van der Waals surface area contributed by atoms with Crippen LogP contribution in [0.2, 0.25) is 0 Å². The van der Waals surface area contributed by atoms with E-state index >= 15 is 0 Å². The van der Waals surface area contributed by atoms with Crippen LogP contribution in [0.25, 0.3) is 0 Å². The summed E-state index contributed by atoms with van der Waals surface area (Å²) in [5.41, 5.74) is 1.85. The van der Waals surface area contributed by atoms with E-state index in [4.69, 9.17) is 0 Å². The standard InChI is InChI=1S/C22H23N3O2S/c1-2-23-22(27)25-21(26)20(17-12-7-4-8-13-17)24-19(18-14-9-15-28-18)16-10-5-3-6-11-16/h3-15,19-20,24H,2H2,1H3,(H2,23,25,26,27)/t19-,20+/m1/s1. The number of amides is 3. The lowest BCUT2D eigenvalue weighted by Crippen LogP contribution is -2.45. The highest BCUT2D eigenvalue weighted by atomic mass is 32.1. The second-order valence-corrected chi connectivity index (χ2v) is 7.20. The number of nitrogens with one attached hydrogen (secondary N) is 3. The van der Waals surface area contributed by atoms with Gasteiger partial charge in [0.2, 0.25) is 5.91 Å². The fourth-order valence-corrected chi connectivity index (χ4v) is 3.78. The van der Waals surface area contributed by atoms with E-state index < -0.39 is 18.0 Å². The van der Waals surface area contributed by atoms with Crippen LogP contribution in [0, 0.1) is 0 Å². The van der Waals surface area contributed by atoms with Gasteiger partial charge in [-0.1, -0.05) is 66.7 Å². The highest BCUT2D eigenvalue weighted by Crippen LogP contribution is 2.29. The summed E-state index contributed by atoms with van der Waals surface area (Å²) in [5, 5.41) is 10.5. The van der Waals surface area contributed by atoms with Crippen LogP contribution in [0.15, 0.2) is 78.2 Å². The predicted octanol–water partition coefficient (Wildman–Crippen LogP) is 4.01. The number of carbonyl (C=O) groups is 2. The maximum atomic E-state index is 12.9. The summed E-state index contributed by atoms with van der Waals surface area (Å²) in [6, 6.07) is 22.1. The molecule has 3 aromatic rings. The van der Waals surface area contributed by atoms with Crippen molar-refractivity contribution >= 4 is 23.3 Å². The monoisotopic (exact) mass is 393 g/mol. The Morgan fingerprint density at radius 1 is 0.893 bits per heavy atom. The Kier molecular flexibility index (Phi) is 6.94. The van der Waals surface area contributed by atoms with Crippen molar-refractivity contribution in [1.29, 1.82) is 0 Å². The SMILES string of the molecule is CCNC(=O)NC(=O)[C@@H](N[C@H](c1ccccc1)c1cccs1)c1ccccc1. The molecule has 0 saturated heterocycles. The Balaban J connectivity index is 1.92. The third-order valence-corrected chi connectivity index (χ3v) is 5.20. The molecule has 0 bridgehead atoms. The molecule has 0 aliphatic rings. The summed E-state index contributed by atoms with van der Waals surface area (Å²) in [4.78, 5) is 25.9. The van der Waals surface area contributed by atoms with E-state index in [9.17, 15) is 9.59 Å². The summed E-state index contributed by atoms with van der Waals surface area (Å²) >= 11 is 1.62. The fourth-order valence-electron chi connectivity index (χ4n) is 2.97. The van der Waals surface area contributed by atoms with E-state index in [1.54, 1.807) is 18.3 Å². The molecule has 3 rings (SSSR count). The number of rotatable bonds is 7. The number of hydrogen-bond acceptors (Lipinski definition) is 4. The molecule has 3 N–H and O–H groups in total. The molecule has 0 fully saturated rings. The maximum absolute atomic E-state index is 12.9. The van der Waals surface area contributed by atoms with Crippen molar-refractivity contribution in [3.63, 3.8) is 0 Å². The topological polar surface area (TPSA) is 70.2 Å². The first-order valence-electron chi connectivity index (χ1n) is 9.17. The van der Waals surface area contributed by atoms with Crippen LogP contribution >= 0.6 is 11.3 Å². The van der Waals surface area contributed by atoms with Gasteiger partial charge >= 0.3 is 6.03 Å². The third kappa shape index (κ3) is 5.06. The summed E-state index contributed by atoms with van der Waals surface area (Å²) in [6.07, 6.45) is 0. The number of imide groups is 1. The van der Waals surface area contributed by atoms with Gasteiger partial charge in [-0.2, -0.15) is 0 Å². The first kappa shape index (κ1) is 19.8. The normalized spacial score (nSPS) is 12.8. The summed E-state index contributed by atoms with van der Waals surface area (Å²) < 4.78 is 0. The molecule has 5 nitrogen and oxygen atoms in total. The molecule has 2 aromatic carbocycles. The lowest BCUT2D eigenvalue weighted by atomic mass is 10.0. The van der Waals surface area contributed by atoms with Crippen molar-refractivity contribution in [2.24, 2.45) is 0 Å². The van der Waals surface area contributed by atoms with Gasteiger partial charge in [0.25, 0.3) is 0 Å². The zero-order valence-corrected chi connectivity index (χ0v) is 16.4. The molecular weight excluding hydrogens is 370 g/mol. The first-order valence-corrected chi connectivity index (χ1v) is 10.0. The van der Waals surface area contributed by atoms with Crippen LogP contribution in [-0.2, 0) is 4.79 Å². The minimum atomic E-state index is -0.684. The second kappa shape index (κ2) is 9.82. The largest absolute Gasteiger partial charge is 0.338 e. The van der Waals surface area contributed by atoms with E-state index in [1.807, 2.05) is 78.2 Å². The van der Waals surface area contributed by atoms with Crippen molar-refractivity contribution in [3.05, 3.63) is 94.2 Å². The minimum Gasteiger partial charge on any atom is -0.338 e. The van der Waals surface area contributed by atoms with Crippen molar-refractivity contribution in [1.82, 2.24) is 16.0 Å². The Hall–Kier alpha value is -2.96. The van der Waals surface area contributed by atoms with Crippen molar-refractivity contribution in [3.8, 4) is 0 Å². The predicted molar refractivity (Wildman–Crippen MR) is 112 cm³/mol. The highest BCUT2D eigenvalue weighted by Gasteiger charge is 2.27. The molecule has 0 aliphatic heterocycles. The van der Waals surface area contributed by atoms with Crippen LogP contribution in [0.1, 0.15) is 35.0 Å². The summed E-state index contributed by atoms with van der Waals surface area (Å²) in [6.45, 7) is 2.25. The van der Waals surface area contributed by atoms with Gasteiger partial charge in [0.05, 0.1) is 6.04 Å². The van der Waals surface area contributed by atoms with Gasteiger partial charge in [0, 0.05) is 11.4 Å². The summed E-state index contributed by atoms with van der Waals surface area (Å²) in [7, 11) is 0. The van der Waals surface area contributed by atoms with Gasteiger partial charge in [-0.05, 0) is 29.5 Å². The summed E-state index contributed by atoms with van der Waals surface area (Å²) in [5.74, 6) is -0.394. The number of carbonyl (C=O) groups excluding carboxylic acids is 2. The number of hydrogen-bond donors (Lipinski definition) is 3. The van der Waals surface area contributed by atoms with Crippen LogP contribution in [0.3, 0.4) is 0 Å². The van der Waals surface area contributed by atoms with E-state index in [-0.39, 0.29) is 6.04 Å². The molecule has 0 aliphatic carbocycles. The lowest BCUT2D eigenvalue weighted by Gasteiger charge is -2.25. The van der Waals surface area contributed by atoms with Gasteiger partial charge in [-0.15, -0.1) is 11.3 Å². The van der Waals surface area contributed by atoms with E-state index in [2.05, 4.69) is 16.0 Å². The van der Waals surface area contributed by atoms with Gasteiger partial charge < -0.3 is 5.32 Å². The van der Waals surface area contributed by atoms with Crippen LogP contribution < -0.4 is 16.0 Å². The average molecular weight is 394 g/mol. The van der Waals surface area contributed by atoms with Gasteiger partial charge in [0.1, 0.15) is 6.04 Å². The van der Waals surface area contributed by atoms with Crippen molar-refractivity contribution in [2.45, 2.75) is 19.0 Å². The van der Waals surface area contributed by atoms with Gasteiger partial charge in [-0.3, -0.25) is 15.4 Å². The molecular formula is C22H23N3O2S. The first-order chi connectivity index (χ1) is 13.7. The van der Waals surface area contributed by atoms with Crippen LogP contribution in [0.5, 0.6) is 0 Å². The molecule has 28 heavy (non-hydrogen) atoms. The number of thiophene rings is 1. The molecule has 0 unspecified atom stereocenters. The quantitative estimate of drug-likeness (QED) is 0.568. The van der Waals surface area contributed by atoms with Gasteiger partial charge in [0.15, 0.2) is 0 Å². The Morgan fingerprint density at radius 3 is 2.11 bits per heavy atom. The molecule has 0 radical (unpaired) electrons. The van der Waals surface area contributed by atoms with Gasteiger partial charge in [-0.25, -0.2) is 4.79 Å². The zero-order valence-electron chi connectivity index (χ0n) is 15.6. The molecule has 0 spiro atoms. The highest BCUT2D eigenvalue weighted by molar-refractivity contribution is 7.10. The smallest absolute Gasteiger partial charge is 0.321 e. The zero-order chi connectivity index (χ0) is 19.8. The molecule has 2 atom stereocenters. The minimum absolute atomic E-state index is 0.175. The molecule has 3 amide bonds. The van der Waals surface area contributed by atoms with E-state index in [0.29, 0.717) is 6.54 Å². The Bertz CT molecular complexity index is 883. The Morgan fingerprint density at radius 2 is 1.54 bits per heavy atom. The average Bonchev–Trinajstić information content (AvgIpc) is 3.24. The Labute approximate surface area is 168 Å². The second-order valence-electron chi connectivity index (χ2n) is 6.22. The molecule has 1 aromatic heterocycles. The van der Waals surface area contributed by atoms with Crippen LogP contribution in [-0.4, -0.2) is 18.5 Å². The molecule has 6 heteroatoms. The molecule has 0 saturated carbocycles.